The molecule has 2 aromatic heterocycles. The van der Waals surface area contributed by atoms with Crippen LogP contribution in [-0.2, 0) is 0 Å². The van der Waals surface area contributed by atoms with E-state index in [2.05, 4.69) is 15.0 Å². The third kappa shape index (κ3) is 1.59. The van der Waals surface area contributed by atoms with Crippen molar-refractivity contribution in [3.05, 3.63) is 16.7 Å². The molecule has 0 amide bonds. The smallest absolute Gasteiger partial charge is 0.280 e. The lowest BCUT2D eigenvalue weighted by Crippen LogP contribution is -2.13. The molecule has 3 atom stereocenters. The lowest BCUT2D eigenvalue weighted by atomic mass is 10.1. The molecular weight excluding hydrogens is 234 g/mol. The van der Waals surface area contributed by atoms with Crippen LogP contribution in [0.15, 0.2) is 11.1 Å². The van der Waals surface area contributed by atoms with E-state index in [-0.39, 0.29) is 29.6 Å². The van der Waals surface area contributed by atoms with Crippen LogP contribution in [0.25, 0.3) is 11.2 Å². The summed E-state index contributed by atoms with van der Waals surface area (Å²) in [5.41, 5.74) is 6.00. The molecule has 7 nitrogen and oxygen atoms in total. The quantitative estimate of drug-likeness (QED) is 0.660. The average molecular weight is 249 g/mol. The third-order valence-corrected chi connectivity index (χ3v) is 3.66. The first-order valence-corrected chi connectivity index (χ1v) is 5.96. The molecule has 4 N–H and O–H groups in total. The highest BCUT2D eigenvalue weighted by atomic mass is 16.3. The first kappa shape index (κ1) is 11.2. The molecule has 0 bridgehead atoms. The second kappa shape index (κ2) is 3.81. The van der Waals surface area contributed by atoms with E-state index >= 15 is 0 Å². The van der Waals surface area contributed by atoms with Gasteiger partial charge in [-0.25, -0.2) is 4.98 Å². The van der Waals surface area contributed by atoms with Crippen LogP contribution >= 0.6 is 0 Å². The Balaban J connectivity index is 2.11. The van der Waals surface area contributed by atoms with Crippen LogP contribution in [0.1, 0.15) is 25.8 Å². The van der Waals surface area contributed by atoms with E-state index < -0.39 is 0 Å². The van der Waals surface area contributed by atoms with E-state index in [1.54, 1.807) is 6.33 Å². The molecule has 1 aliphatic rings. The second-order valence-electron chi connectivity index (χ2n) is 4.95. The number of aromatic amines is 1. The molecule has 3 unspecified atom stereocenters. The van der Waals surface area contributed by atoms with Gasteiger partial charge in [-0.15, -0.1) is 0 Å². The molecule has 0 spiro atoms. The summed E-state index contributed by atoms with van der Waals surface area (Å²) in [6, 6.07) is 0.119. The number of anilines is 1. The highest BCUT2D eigenvalue weighted by molar-refractivity contribution is 5.70. The minimum Gasteiger partial charge on any atom is -0.393 e. The van der Waals surface area contributed by atoms with Crippen molar-refractivity contribution in [2.45, 2.75) is 31.9 Å². The van der Waals surface area contributed by atoms with Gasteiger partial charge in [-0.2, -0.15) is 4.98 Å². The average Bonchev–Trinajstić information content (AvgIpc) is 2.83. The number of aromatic nitrogens is 4. The highest BCUT2D eigenvalue weighted by Gasteiger charge is 2.32. The van der Waals surface area contributed by atoms with Crippen molar-refractivity contribution in [3.8, 4) is 0 Å². The molecule has 1 aliphatic carbocycles. The maximum absolute atomic E-state index is 11.7. The number of nitrogen functional groups attached to an aromatic ring is 1. The van der Waals surface area contributed by atoms with Crippen molar-refractivity contribution >= 4 is 17.1 Å². The predicted octanol–water partition coefficient (Wildman–Crippen LogP) is 0.0337. The first-order chi connectivity index (χ1) is 8.56. The van der Waals surface area contributed by atoms with Gasteiger partial charge < -0.3 is 15.4 Å². The zero-order valence-corrected chi connectivity index (χ0v) is 10.00. The number of nitrogens with zero attached hydrogens (tertiary/aromatic N) is 3. The van der Waals surface area contributed by atoms with Crippen LogP contribution in [0.5, 0.6) is 0 Å². The maximum atomic E-state index is 11.7. The Hall–Kier alpha value is -1.89. The minimum atomic E-state index is -0.331. The Bertz CT molecular complexity index is 636. The topological polar surface area (TPSA) is 110 Å². The first-order valence-electron chi connectivity index (χ1n) is 5.96. The molecule has 0 radical (unpaired) electrons. The van der Waals surface area contributed by atoms with Gasteiger partial charge in [0.15, 0.2) is 11.2 Å². The van der Waals surface area contributed by atoms with Gasteiger partial charge >= 0.3 is 0 Å². The van der Waals surface area contributed by atoms with Gasteiger partial charge in [0.25, 0.3) is 5.56 Å². The zero-order valence-electron chi connectivity index (χ0n) is 10.00. The Morgan fingerprint density at radius 2 is 2.33 bits per heavy atom. The van der Waals surface area contributed by atoms with E-state index in [0.29, 0.717) is 17.6 Å². The number of H-pyrrole nitrogens is 1. The minimum absolute atomic E-state index is 0.0841. The Labute approximate surface area is 103 Å². The summed E-state index contributed by atoms with van der Waals surface area (Å²) in [4.78, 5) is 22.3. The predicted molar refractivity (Wildman–Crippen MR) is 66.0 cm³/mol. The summed E-state index contributed by atoms with van der Waals surface area (Å²) in [6.45, 7) is 2.01. The lowest BCUT2D eigenvalue weighted by molar-refractivity contribution is 0.139. The van der Waals surface area contributed by atoms with Crippen LogP contribution in [0.4, 0.5) is 5.95 Å². The second-order valence-corrected chi connectivity index (χ2v) is 4.95. The highest BCUT2D eigenvalue weighted by Crippen LogP contribution is 2.35. The number of hydrogen-bond donors (Lipinski definition) is 3. The van der Waals surface area contributed by atoms with Gasteiger partial charge in [0.05, 0.1) is 12.4 Å². The molecule has 2 heterocycles. The molecule has 96 valence electrons. The van der Waals surface area contributed by atoms with Crippen LogP contribution in [-0.4, -0.2) is 30.7 Å². The Morgan fingerprint density at radius 1 is 1.56 bits per heavy atom. The number of imidazole rings is 1. The maximum Gasteiger partial charge on any atom is 0.280 e. The standard InChI is InChI=1S/C11H15N5O2/c1-5-2-6(3-7(5)17)16-4-13-8-9(16)14-11(12)15-10(8)18/h4-7,17H,2-3H2,1H3,(H3,12,14,15,18). The van der Waals surface area contributed by atoms with Crippen molar-refractivity contribution in [3.63, 3.8) is 0 Å². The Morgan fingerprint density at radius 3 is 3.00 bits per heavy atom. The van der Waals surface area contributed by atoms with Gasteiger partial charge in [-0.05, 0) is 18.8 Å². The van der Waals surface area contributed by atoms with E-state index in [4.69, 9.17) is 5.73 Å². The van der Waals surface area contributed by atoms with Crippen LogP contribution < -0.4 is 11.3 Å². The van der Waals surface area contributed by atoms with E-state index in [9.17, 15) is 9.90 Å². The fourth-order valence-corrected chi connectivity index (χ4v) is 2.63. The summed E-state index contributed by atoms with van der Waals surface area (Å²) >= 11 is 0. The van der Waals surface area contributed by atoms with Gasteiger partial charge in [-0.3, -0.25) is 9.78 Å². The summed E-state index contributed by atoms with van der Waals surface area (Å²) in [5, 5.41) is 9.80. The van der Waals surface area contributed by atoms with Crippen molar-refractivity contribution in [1.82, 2.24) is 19.5 Å². The van der Waals surface area contributed by atoms with Crippen LogP contribution in [0.2, 0.25) is 0 Å². The van der Waals surface area contributed by atoms with Gasteiger partial charge in [0.2, 0.25) is 5.95 Å². The molecule has 7 heteroatoms. The summed E-state index contributed by atoms with van der Waals surface area (Å²) in [5.74, 6) is 0.327. The molecule has 1 saturated carbocycles. The number of rotatable bonds is 1. The number of nitrogens with one attached hydrogen (secondary N) is 1. The summed E-state index contributed by atoms with van der Waals surface area (Å²) < 4.78 is 1.84. The zero-order chi connectivity index (χ0) is 12.9. The van der Waals surface area contributed by atoms with Crippen molar-refractivity contribution in [2.75, 3.05) is 5.73 Å². The third-order valence-electron chi connectivity index (χ3n) is 3.66. The Kier molecular flexibility index (Phi) is 2.37. The van der Waals surface area contributed by atoms with Gasteiger partial charge in [0.1, 0.15) is 0 Å². The molecule has 1 fully saturated rings. The van der Waals surface area contributed by atoms with Gasteiger partial charge in [0, 0.05) is 6.04 Å². The number of nitrogens with two attached hydrogens (primary N) is 1. The van der Waals surface area contributed by atoms with Crippen LogP contribution in [0.3, 0.4) is 0 Å². The number of hydrogen-bond acceptors (Lipinski definition) is 5. The summed E-state index contributed by atoms with van der Waals surface area (Å²) in [7, 11) is 0. The van der Waals surface area contributed by atoms with Crippen molar-refractivity contribution in [2.24, 2.45) is 5.92 Å². The number of fused-ring (bicyclic) bond motifs is 1. The SMILES string of the molecule is CC1CC(n2cnc3c(=O)[nH]c(N)nc32)CC1O. The van der Waals surface area contributed by atoms with Crippen molar-refractivity contribution in [1.29, 1.82) is 0 Å². The molecular formula is C11H15N5O2. The fraction of sp³-hybridized carbons (Fsp3) is 0.545. The molecule has 18 heavy (non-hydrogen) atoms. The lowest BCUT2D eigenvalue weighted by Gasteiger charge is -2.11. The monoisotopic (exact) mass is 249 g/mol. The summed E-state index contributed by atoms with van der Waals surface area (Å²) in [6.07, 6.45) is 2.79. The largest absolute Gasteiger partial charge is 0.393 e. The van der Waals surface area contributed by atoms with Crippen molar-refractivity contribution < 1.29 is 5.11 Å². The molecule has 2 aromatic rings. The van der Waals surface area contributed by atoms with Crippen LogP contribution in [0, 0.1) is 5.92 Å². The number of aliphatic hydroxyl groups excluding tert-OH is 1. The van der Waals surface area contributed by atoms with E-state index in [0.717, 1.165) is 6.42 Å². The normalized spacial score (nSPS) is 28.0. The molecule has 0 aromatic carbocycles. The van der Waals surface area contributed by atoms with Gasteiger partial charge in [-0.1, -0.05) is 6.92 Å². The molecule has 0 aliphatic heterocycles. The molecule has 3 rings (SSSR count). The molecule has 0 saturated heterocycles. The van der Waals surface area contributed by atoms with E-state index in [1.807, 2.05) is 11.5 Å². The fourth-order valence-electron chi connectivity index (χ4n) is 2.63. The number of aliphatic hydroxyl groups is 1. The van der Waals surface area contributed by atoms with E-state index in [1.165, 1.54) is 0 Å².